The summed E-state index contributed by atoms with van der Waals surface area (Å²) in [4.78, 5) is 16.8. The second kappa shape index (κ2) is 7.58. The third-order valence-electron chi connectivity index (χ3n) is 6.16. The fourth-order valence-corrected chi connectivity index (χ4v) is 4.51. The van der Waals surface area contributed by atoms with Crippen LogP contribution in [0.2, 0.25) is 0 Å². The first-order valence-electron chi connectivity index (χ1n) is 9.53. The maximum absolute atomic E-state index is 12.9. The van der Waals surface area contributed by atoms with Crippen LogP contribution in [0.25, 0.3) is 0 Å². The number of amides is 1. The van der Waals surface area contributed by atoms with Gasteiger partial charge in [-0.15, -0.1) is 0 Å². The standard InChI is InChI=1S/C21H29N3O/c1-23(19-12-8-10-17-9-4-5-11-18(17)19)15-20(25)24(2)21(16-22)13-6-3-7-14-21/h4-5,9,11,19H,3,6-8,10,12-15H2,1-2H3/t19-/m1/s1. The molecule has 0 unspecified atom stereocenters. The minimum Gasteiger partial charge on any atom is -0.326 e. The number of rotatable bonds is 4. The molecule has 1 saturated carbocycles. The van der Waals surface area contributed by atoms with Crippen molar-refractivity contribution < 1.29 is 4.79 Å². The van der Waals surface area contributed by atoms with Gasteiger partial charge in [-0.05, 0) is 50.3 Å². The van der Waals surface area contributed by atoms with E-state index in [1.165, 1.54) is 17.5 Å². The van der Waals surface area contributed by atoms with Crippen LogP contribution in [0.3, 0.4) is 0 Å². The van der Waals surface area contributed by atoms with Gasteiger partial charge < -0.3 is 4.90 Å². The molecule has 1 aromatic rings. The Labute approximate surface area is 151 Å². The Kier molecular flexibility index (Phi) is 5.44. The van der Waals surface area contributed by atoms with E-state index in [1.54, 1.807) is 4.90 Å². The third kappa shape index (κ3) is 3.57. The maximum Gasteiger partial charge on any atom is 0.237 e. The zero-order chi connectivity index (χ0) is 17.9. The quantitative estimate of drug-likeness (QED) is 0.841. The zero-order valence-electron chi connectivity index (χ0n) is 15.5. The SMILES string of the molecule is CN(CC(=O)N(C)C1(C#N)CCCCC1)[C@@H]1CCCc2ccccc21. The Morgan fingerprint density at radius 2 is 1.92 bits per heavy atom. The molecule has 1 fully saturated rings. The minimum atomic E-state index is -0.597. The van der Waals surface area contributed by atoms with Gasteiger partial charge in [0.15, 0.2) is 0 Å². The molecule has 134 valence electrons. The summed E-state index contributed by atoms with van der Waals surface area (Å²) in [5.41, 5.74) is 2.17. The molecule has 4 heteroatoms. The van der Waals surface area contributed by atoms with E-state index < -0.39 is 5.54 Å². The van der Waals surface area contributed by atoms with E-state index in [0.29, 0.717) is 12.6 Å². The lowest BCUT2D eigenvalue weighted by Crippen LogP contribution is -2.52. The fraction of sp³-hybridized carbons (Fsp3) is 0.619. The molecule has 2 aliphatic rings. The second-order valence-electron chi connectivity index (χ2n) is 7.68. The highest BCUT2D eigenvalue weighted by molar-refractivity contribution is 5.79. The molecule has 1 atom stereocenters. The summed E-state index contributed by atoms with van der Waals surface area (Å²) in [5, 5.41) is 9.72. The van der Waals surface area contributed by atoms with Crippen molar-refractivity contribution in [1.29, 1.82) is 5.26 Å². The molecular formula is C21H29N3O. The number of hydrogen-bond acceptors (Lipinski definition) is 3. The Bertz CT molecular complexity index is 657. The van der Waals surface area contributed by atoms with E-state index >= 15 is 0 Å². The predicted molar refractivity (Wildman–Crippen MR) is 99.0 cm³/mol. The van der Waals surface area contributed by atoms with Crippen LogP contribution in [0.15, 0.2) is 24.3 Å². The van der Waals surface area contributed by atoms with E-state index in [0.717, 1.165) is 44.9 Å². The summed E-state index contributed by atoms with van der Waals surface area (Å²) in [6.07, 6.45) is 8.25. The van der Waals surface area contributed by atoms with Gasteiger partial charge in [0, 0.05) is 13.1 Å². The van der Waals surface area contributed by atoms with Crippen molar-refractivity contribution in [3.63, 3.8) is 0 Å². The number of aryl methyl sites for hydroxylation is 1. The maximum atomic E-state index is 12.9. The Hall–Kier alpha value is -1.86. The molecule has 3 rings (SSSR count). The Balaban J connectivity index is 1.70. The van der Waals surface area contributed by atoms with Crippen LogP contribution in [0.5, 0.6) is 0 Å². The predicted octanol–water partition coefficient (Wildman–Crippen LogP) is 3.68. The van der Waals surface area contributed by atoms with Crippen molar-refractivity contribution >= 4 is 5.91 Å². The van der Waals surface area contributed by atoms with Crippen LogP contribution in [0, 0.1) is 11.3 Å². The Morgan fingerprint density at radius 1 is 1.20 bits per heavy atom. The number of carbonyl (C=O) groups is 1. The van der Waals surface area contributed by atoms with Crippen LogP contribution in [0.4, 0.5) is 0 Å². The minimum absolute atomic E-state index is 0.0639. The van der Waals surface area contributed by atoms with Gasteiger partial charge in [-0.25, -0.2) is 0 Å². The fourth-order valence-electron chi connectivity index (χ4n) is 4.51. The number of fused-ring (bicyclic) bond motifs is 1. The number of likely N-dealkylation sites (N-methyl/N-ethyl adjacent to an activating group) is 2. The van der Waals surface area contributed by atoms with Gasteiger partial charge in [-0.2, -0.15) is 5.26 Å². The molecule has 0 radical (unpaired) electrons. The number of nitriles is 1. The van der Waals surface area contributed by atoms with Crippen molar-refractivity contribution in [2.45, 2.75) is 62.9 Å². The van der Waals surface area contributed by atoms with E-state index in [1.807, 2.05) is 14.1 Å². The molecule has 0 saturated heterocycles. The average Bonchev–Trinajstić information content (AvgIpc) is 2.67. The largest absolute Gasteiger partial charge is 0.326 e. The first kappa shape index (κ1) is 17.9. The molecule has 0 bridgehead atoms. The first-order valence-corrected chi connectivity index (χ1v) is 9.53. The molecule has 2 aliphatic carbocycles. The molecule has 0 aromatic heterocycles. The van der Waals surface area contributed by atoms with Crippen molar-refractivity contribution in [2.24, 2.45) is 0 Å². The van der Waals surface area contributed by atoms with E-state index in [4.69, 9.17) is 0 Å². The van der Waals surface area contributed by atoms with E-state index in [2.05, 4.69) is 35.2 Å². The summed E-state index contributed by atoms with van der Waals surface area (Å²) < 4.78 is 0. The number of benzene rings is 1. The van der Waals surface area contributed by atoms with Crippen LogP contribution in [-0.4, -0.2) is 41.9 Å². The van der Waals surface area contributed by atoms with E-state index in [-0.39, 0.29) is 5.91 Å². The van der Waals surface area contributed by atoms with Gasteiger partial charge in [0.2, 0.25) is 5.91 Å². The molecular weight excluding hydrogens is 310 g/mol. The Morgan fingerprint density at radius 3 is 2.64 bits per heavy atom. The lowest BCUT2D eigenvalue weighted by Gasteiger charge is -2.40. The normalized spacial score (nSPS) is 22.1. The molecule has 0 heterocycles. The summed E-state index contributed by atoms with van der Waals surface area (Å²) in [6, 6.07) is 11.3. The van der Waals surface area contributed by atoms with Crippen LogP contribution >= 0.6 is 0 Å². The summed E-state index contributed by atoms with van der Waals surface area (Å²) in [7, 11) is 3.86. The molecule has 1 aromatic carbocycles. The summed E-state index contributed by atoms with van der Waals surface area (Å²) in [5.74, 6) is 0.0639. The third-order valence-corrected chi connectivity index (χ3v) is 6.16. The topological polar surface area (TPSA) is 47.3 Å². The van der Waals surface area contributed by atoms with Crippen LogP contribution in [-0.2, 0) is 11.2 Å². The van der Waals surface area contributed by atoms with Gasteiger partial charge in [0.25, 0.3) is 0 Å². The van der Waals surface area contributed by atoms with E-state index in [9.17, 15) is 10.1 Å². The van der Waals surface area contributed by atoms with Crippen molar-refractivity contribution in [2.75, 3.05) is 20.6 Å². The molecule has 1 amide bonds. The molecule has 0 aliphatic heterocycles. The molecule has 25 heavy (non-hydrogen) atoms. The lowest BCUT2D eigenvalue weighted by molar-refractivity contribution is -0.136. The summed E-state index contributed by atoms with van der Waals surface area (Å²) in [6.45, 7) is 0.374. The highest BCUT2D eigenvalue weighted by Crippen LogP contribution is 2.35. The van der Waals surface area contributed by atoms with Crippen molar-refractivity contribution in [1.82, 2.24) is 9.80 Å². The lowest BCUT2D eigenvalue weighted by atomic mass is 9.81. The van der Waals surface area contributed by atoms with Gasteiger partial charge in [0.1, 0.15) is 5.54 Å². The van der Waals surface area contributed by atoms with Crippen molar-refractivity contribution in [3.05, 3.63) is 35.4 Å². The number of carbonyl (C=O) groups excluding carboxylic acids is 1. The van der Waals surface area contributed by atoms with Gasteiger partial charge in [-0.3, -0.25) is 9.69 Å². The number of nitrogens with zero attached hydrogens (tertiary/aromatic N) is 3. The highest BCUT2D eigenvalue weighted by atomic mass is 16.2. The number of hydrogen-bond donors (Lipinski definition) is 0. The smallest absolute Gasteiger partial charge is 0.237 e. The van der Waals surface area contributed by atoms with Crippen molar-refractivity contribution in [3.8, 4) is 6.07 Å². The molecule has 4 nitrogen and oxygen atoms in total. The molecule has 0 N–H and O–H groups in total. The van der Waals surface area contributed by atoms with Gasteiger partial charge in [-0.1, -0.05) is 43.5 Å². The first-order chi connectivity index (χ1) is 12.1. The molecule has 0 spiro atoms. The van der Waals surface area contributed by atoms with Crippen LogP contribution in [0.1, 0.15) is 62.1 Å². The summed E-state index contributed by atoms with van der Waals surface area (Å²) >= 11 is 0. The average molecular weight is 339 g/mol. The zero-order valence-corrected chi connectivity index (χ0v) is 15.5. The second-order valence-corrected chi connectivity index (χ2v) is 7.68. The van der Waals surface area contributed by atoms with Gasteiger partial charge in [0.05, 0.1) is 12.6 Å². The monoisotopic (exact) mass is 339 g/mol. The highest BCUT2D eigenvalue weighted by Gasteiger charge is 2.39. The van der Waals surface area contributed by atoms with Gasteiger partial charge >= 0.3 is 0 Å². The van der Waals surface area contributed by atoms with Crippen LogP contribution < -0.4 is 0 Å².